The van der Waals surface area contributed by atoms with E-state index < -0.39 is 0 Å². The van der Waals surface area contributed by atoms with Crippen molar-refractivity contribution in [2.24, 2.45) is 5.92 Å². The van der Waals surface area contributed by atoms with Crippen molar-refractivity contribution in [1.29, 1.82) is 5.26 Å². The Bertz CT molecular complexity index is 487. The summed E-state index contributed by atoms with van der Waals surface area (Å²) in [6.07, 6.45) is 2.37. The molecule has 4 heteroatoms. The van der Waals surface area contributed by atoms with Gasteiger partial charge in [-0.15, -0.1) is 0 Å². The summed E-state index contributed by atoms with van der Waals surface area (Å²) in [4.78, 5) is 2.21. The molecule has 1 aliphatic rings. The minimum Gasteiger partial charge on any atom is -0.369 e. The second-order valence-electron chi connectivity index (χ2n) is 5.87. The molecule has 0 spiro atoms. The number of halogens is 1. The fourth-order valence-corrected chi connectivity index (χ4v) is 2.76. The van der Waals surface area contributed by atoms with Crippen molar-refractivity contribution in [2.45, 2.75) is 32.7 Å². The van der Waals surface area contributed by atoms with Gasteiger partial charge in [-0.25, -0.2) is 4.39 Å². The number of anilines is 1. The molecule has 0 saturated carbocycles. The lowest BCUT2D eigenvalue weighted by atomic mass is 10.1. The molecule has 1 aliphatic heterocycles. The van der Waals surface area contributed by atoms with Crippen molar-refractivity contribution in [3.63, 3.8) is 0 Å². The Morgan fingerprint density at radius 2 is 2.30 bits per heavy atom. The third kappa shape index (κ3) is 3.71. The molecule has 0 aromatic heterocycles. The van der Waals surface area contributed by atoms with E-state index in [4.69, 9.17) is 0 Å². The summed E-state index contributed by atoms with van der Waals surface area (Å²) in [5, 5.41) is 12.7. The van der Waals surface area contributed by atoms with E-state index in [1.54, 1.807) is 6.07 Å². The van der Waals surface area contributed by atoms with Crippen LogP contribution in [0.15, 0.2) is 18.2 Å². The summed E-state index contributed by atoms with van der Waals surface area (Å²) in [5.74, 6) is 0.141. The molecule has 2 rings (SSSR count). The zero-order valence-electron chi connectivity index (χ0n) is 12.2. The normalized spacial score (nSPS) is 18.2. The van der Waals surface area contributed by atoms with Crippen molar-refractivity contribution in [2.75, 3.05) is 24.5 Å². The van der Waals surface area contributed by atoms with Crippen LogP contribution in [0.4, 0.5) is 10.1 Å². The van der Waals surface area contributed by atoms with Crippen LogP contribution < -0.4 is 10.2 Å². The van der Waals surface area contributed by atoms with E-state index in [0.717, 1.165) is 31.7 Å². The van der Waals surface area contributed by atoms with Gasteiger partial charge in [-0.2, -0.15) is 5.26 Å². The van der Waals surface area contributed by atoms with E-state index in [0.29, 0.717) is 17.5 Å². The number of nitrogens with zero attached hydrogens (tertiary/aromatic N) is 2. The lowest BCUT2D eigenvalue weighted by Gasteiger charge is -2.30. The first-order valence-corrected chi connectivity index (χ1v) is 7.28. The van der Waals surface area contributed by atoms with Gasteiger partial charge in [-0.05, 0) is 43.5 Å². The minimum atomic E-state index is -0.353. The van der Waals surface area contributed by atoms with Gasteiger partial charge in [-0.1, -0.05) is 13.8 Å². The molecule has 20 heavy (non-hydrogen) atoms. The van der Waals surface area contributed by atoms with Gasteiger partial charge in [0.25, 0.3) is 0 Å². The molecule has 3 nitrogen and oxygen atoms in total. The standard InChI is InChI=1S/C16H22FN3/c1-12(2)10-20(11-15-4-3-7-19-15)16-6-5-14(17)8-13(16)9-18/h5-6,8,12,15,19H,3-4,7,10-11H2,1-2H3. The Hall–Kier alpha value is -1.60. The number of nitriles is 1. The Labute approximate surface area is 120 Å². The van der Waals surface area contributed by atoms with Gasteiger partial charge < -0.3 is 10.2 Å². The number of nitrogens with one attached hydrogen (secondary N) is 1. The maximum Gasteiger partial charge on any atom is 0.124 e. The lowest BCUT2D eigenvalue weighted by Crippen LogP contribution is -2.39. The van der Waals surface area contributed by atoms with Crippen molar-refractivity contribution in [3.05, 3.63) is 29.6 Å². The molecule has 1 unspecified atom stereocenters. The highest BCUT2D eigenvalue weighted by Crippen LogP contribution is 2.23. The molecular weight excluding hydrogens is 253 g/mol. The van der Waals surface area contributed by atoms with Crippen LogP contribution in [-0.4, -0.2) is 25.7 Å². The van der Waals surface area contributed by atoms with E-state index in [1.165, 1.54) is 18.6 Å². The molecular formula is C16H22FN3. The van der Waals surface area contributed by atoms with E-state index in [2.05, 4.69) is 30.1 Å². The Morgan fingerprint density at radius 3 is 2.90 bits per heavy atom. The summed E-state index contributed by atoms with van der Waals surface area (Å²) < 4.78 is 13.3. The molecule has 0 amide bonds. The van der Waals surface area contributed by atoms with E-state index in [1.807, 2.05) is 0 Å². The zero-order valence-corrected chi connectivity index (χ0v) is 12.2. The number of hydrogen-bond acceptors (Lipinski definition) is 3. The monoisotopic (exact) mass is 275 g/mol. The summed E-state index contributed by atoms with van der Waals surface area (Å²) in [6, 6.07) is 7.06. The van der Waals surface area contributed by atoms with E-state index in [9.17, 15) is 9.65 Å². The first-order valence-electron chi connectivity index (χ1n) is 7.28. The average Bonchev–Trinajstić information content (AvgIpc) is 2.90. The van der Waals surface area contributed by atoms with Crippen LogP contribution in [0.25, 0.3) is 0 Å². The van der Waals surface area contributed by atoms with Crippen molar-refractivity contribution < 1.29 is 4.39 Å². The van der Waals surface area contributed by atoms with Crippen molar-refractivity contribution in [1.82, 2.24) is 5.32 Å². The smallest absolute Gasteiger partial charge is 0.124 e. The van der Waals surface area contributed by atoms with E-state index in [-0.39, 0.29) is 5.82 Å². The van der Waals surface area contributed by atoms with Gasteiger partial charge in [0.2, 0.25) is 0 Å². The van der Waals surface area contributed by atoms with Crippen LogP contribution >= 0.6 is 0 Å². The van der Waals surface area contributed by atoms with Crippen molar-refractivity contribution >= 4 is 5.69 Å². The topological polar surface area (TPSA) is 39.1 Å². The highest BCUT2D eigenvalue weighted by Gasteiger charge is 2.20. The summed E-state index contributed by atoms with van der Waals surface area (Å²) in [7, 11) is 0. The second kappa shape index (κ2) is 6.71. The lowest BCUT2D eigenvalue weighted by molar-refractivity contribution is 0.540. The van der Waals surface area contributed by atoms with Gasteiger partial charge in [0.15, 0.2) is 0 Å². The first-order chi connectivity index (χ1) is 9.60. The van der Waals surface area contributed by atoms with Crippen LogP contribution in [0, 0.1) is 23.1 Å². The largest absolute Gasteiger partial charge is 0.369 e. The third-order valence-corrected chi connectivity index (χ3v) is 3.61. The first kappa shape index (κ1) is 14.8. The molecule has 0 aliphatic carbocycles. The van der Waals surface area contributed by atoms with Gasteiger partial charge in [0.1, 0.15) is 11.9 Å². The summed E-state index contributed by atoms with van der Waals surface area (Å²) in [6.45, 7) is 7.13. The average molecular weight is 275 g/mol. The van der Waals surface area contributed by atoms with Crippen LogP contribution in [0.1, 0.15) is 32.3 Å². The molecule has 108 valence electrons. The predicted octanol–water partition coefficient (Wildman–Crippen LogP) is 2.91. The van der Waals surface area contributed by atoms with Gasteiger partial charge in [-0.3, -0.25) is 0 Å². The number of benzene rings is 1. The molecule has 1 aromatic carbocycles. The Balaban J connectivity index is 2.23. The molecule has 0 radical (unpaired) electrons. The third-order valence-electron chi connectivity index (χ3n) is 3.61. The molecule has 1 heterocycles. The van der Waals surface area contributed by atoms with Crippen LogP contribution in [0.3, 0.4) is 0 Å². The SMILES string of the molecule is CC(C)CN(CC1CCCN1)c1ccc(F)cc1C#N. The highest BCUT2D eigenvalue weighted by molar-refractivity contribution is 5.59. The maximum absolute atomic E-state index is 13.3. The quantitative estimate of drug-likeness (QED) is 0.898. The van der Waals surface area contributed by atoms with Crippen LogP contribution in [0.5, 0.6) is 0 Å². The highest BCUT2D eigenvalue weighted by atomic mass is 19.1. The fourth-order valence-electron chi connectivity index (χ4n) is 2.76. The molecule has 0 bridgehead atoms. The number of hydrogen-bond donors (Lipinski definition) is 1. The zero-order chi connectivity index (χ0) is 14.5. The minimum absolute atomic E-state index is 0.353. The predicted molar refractivity (Wildman–Crippen MR) is 79.2 cm³/mol. The number of rotatable bonds is 5. The Morgan fingerprint density at radius 1 is 1.50 bits per heavy atom. The van der Waals surface area contributed by atoms with Gasteiger partial charge >= 0.3 is 0 Å². The van der Waals surface area contributed by atoms with Crippen molar-refractivity contribution in [3.8, 4) is 6.07 Å². The molecule has 1 fully saturated rings. The van der Waals surface area contributed by atoms with Gasteiger partial charge in [0, 0.05) is 19.1 Å². The molecule has 1 saturated heterocycles. The fraction of sp³-hybridized carbons (Fsp3) is 0.562. The van der Waals surface area contributed by atoms with Crippen LogP contribution in [0.2, 0.25) is 0 Å². The summed E-state index contributed by atoms with van der Waals surface area (Å²) >= 11 is 0. The van der Waals surface area contributed by atoms with E-state index >= 15 is 0 Å². The summed E-state index contributed by atoms with van der Waals surface area (Å²) in [5.41, 5.74) is 1.26. The second-order valence-corrected chi connectivity index (χ2v) is 5.87. The molecule has 1 aromatic rings. The van der Waals surface area contributed by atoms with Gasteiger partial charge in [0.05, 0.1) is 11.3 Å². The molecule has 1 atom stereocenters. The Kier molecular flexibility index (Phi) is 4.97. The maximum atomic E-state index is 13.3. The van der Waals surface area contributed by atoms with Crippen LogP contribution in [-0.2, 0) is 0 Å². The molecule has 1 N–H and O–H groups in total.